The number of nitrogens with zero attached hydrogens (tertiary/aromatic N) is 1. The zero-order valence-corrected chi connectivity index (χ0v) is 11.7. The molecule has 0 saturated heterocycles. The van der Waals surface area contributed by atoms with Gasteiger partial charge in [0.05, 0.1) is 12.1 Å². The van der Waals surface area contributed by atoms with Crippen LogP contribution in [0.25, 0.3) is 0 Å². The Balaban J connectivity index is 2.22. The minimum atomic E-state index is -0.439. The van der Waals surface area contributed by atoms with Gasteiger partial charge in [-0.2, -0.15) is 0 Å². The Morgan fingerprint density at radius 3 is 2.95 bits per heavy atom. The van der Waals surface area contributed by atoms with Gasteiger partial charge in [0, 0.05) is 18.4 Å². The molecular formula is C16H16FN3O. The molecule has 21 heavy (non-hydrogen) atoms. The summed E-state index contributed by atoms with van der Waals surface area (Å²) in [6.07, 6.45) is 1.83. The number of amides is 1. The van der Waals surface area contributed by atoms with Gasteiger partial charge in [0.15, 0.2) is 0 Å². The summed E-state index contributed by atoms with van der Waals surface area (Å²) in [5.41, 5.74) is 6.53. The zero-order chi connectivity index (χ0) is 15.2. The van der Waals surface area contributed by atoms with Crippen molar-refractivity contribution in [1.29, 1.82) is 0 Å². The second-order valence-electron chi connectivity index (χ2n) is 4.33. The van der Waals surface area contributed by atoms with Gasteiger partial charge in [0.2, 0.25) is 0 Å². The fourth-order valence-electron chi connectivity index (χ4n) is 1.94. The molecule has 5 heteroatoms. The number of nitrogens with one attached hydrogen (secondary N) is 1. The number of benzene rings is 1. The molecule has 0 atom stereocenters. The van der Waals surface area contributed by atoms with Gasteiger partial charge in [0.25, 0.3) is 5.91 Å². The van der Waals surface area contributed by atoms with Crippen LogP contribution in [0.1, 0.15) is 23.0 Å². The van der Waals surface area contributed by atoms with E-state index in [-0.39, 0.29) is 18.0 Å². The van der Waals surface area contributed by atoms with Crippen LogP contribution in [0.2, 0.25) is 0 Å². The van der Waals surface area contributed by atoms with Crippen LogP contribution in [0.15, 0.2) is 36.5 Å². The Morgan fingerprint density at radius 1 is 1.43 bits per heavy atom. The lowest BCUT2D eigenvalue weighted by Crippen LogP contribution is -2.16. The molecule has 1 aromatic carbocycles. The number of halogens is 1. The first-order valence-electron chi connectivity index (χ1n) is 6.60. The number of aromatic nitrogens is 1. The fourth-order valence-corrected chi connectivity index (χ4v) is 1.94. The van der Waals surface area contributed by atoms with Crippen LogP contribution in [0.5, 0.6) is 0 Å². The molecule has 0 aliphatic carbocycles. The van der Waals surface area contributed by atoms with Gasteiger partial charge in [-0.15, -0.1) is 0 Å². The van der Waals surface area contributed by atoms with Gasteiger partial charge in [-0.25, -0.2) is 4.39 Å². The number of anilines is 1. The maximum atomic E-state index is 13.6. The zero-order valence-electron chi connectivity index (χ0n) is 11.7. The topological polar surface area (TPSA) is 60.0 Å². The normalized spacial score (nSPS) is 9.86. The van der Waals surface area contributed by atoms with Gasteiger partial charge >= 0.3 is 0 Å². The number of nitrogens with two attached hydrogens (primary N) is 1. The number of carbonyl (C=O) groups excluding carboxylic acids is 1. The fraction of sp³-hybridized carbons (Fsp3) is 0.188. The molecular weight excluding hydrogens is 269 g/mol. The summed E-state index contributed by atoms with van der Waals surface area (Å²) in [5, 5.41) is 2.74. The molecule has 0 bridgehead atoms. The molecule has 3 N–H and O–H groups in total. The lowest BCUT2D eigenvalue weighted by atomic mass is 10.2. The van der Waals surface area contributed by atoms with Gasteiger partial charge in [-0.05, 0) is 37.3 Å². The lowest BCUT2D eigenvalue weighted by Gasteiger charge is -2.08. The number of aryl methyl sites for hydroxylation is 1. The van der Waals surface area contributed by atoms with E-state index in [9.17, 15) is 9.18 Å². The largest absolute Gasteiger partial charge is 0.344 e. The molecule has 1 heterocycles. The predicted molar refractivity (Wildman–Crippen MR) is 80.4 cm³/mol. The molecule has 0 unspecified atom stereocenters. The van der Waals surface area contributed by atoms with E-state index in [1.54, 1.807) is 12.1 Å². The third kappa shape index (κ3) is 3.50. The first-order valence-corrected chi connectivity index (χ1v) is 6.60. The summed E-state index contributed by atoms with van der Waals surface area (Å²) < 4.78 is 15.4. The molecule has 4 nitrogen and oxygen atoms in total. The minimum Gasteiger partial charge on any atom is -0.344 e. The molecule has 2 rings (SSSR count). The van der Waals surface area contributed by atoms with E-state index in [0.29, 0.717) is 17.9 Å². The molecule has 0 spiro atoms. The third-order valence-corrected chi connectivity index (χ3v) is 2.95. The summed E-state index contributed by atoms with van der Waals surface area (Å²) in [5.74, 6) is 4.55. The lowest BCUT2D eigenvalue weighted by molar-refractivity contribution is 0.101. The number of carbonyl (C=O) groups is 1. The molecule has 1 amide bonds. The molecule has 0 aliphatic heterocycles. The van der Waals surface area contributed by atoms with Gasteiger partial charge in [-0.3, -0.25) is 4.79 Å². The summed E-state index contributed by atoms with van der Waals surface area (Å²) in [4.78, 5) is 12.2. The summed E-state index contributed by atoms with van der Waals surface area (Å²) in [6, 6.07) is 7.81. The third-order valence-electron chi connectivity index (χ3n) is 2.95. The van der Waals surface area contributed by atoms with Crippen molar-refractivity contribution in [3.63, 3.8) is 0 Å². The molecule has 0 saturated carbocycles. The van der Waals surface area contributed by atoms with Crippen molar-refractivity contribution in [2.45, 2.75) is 13.5 Å². The van der Waals surface area contributed by atoms with E-state index in [4.69, 9.17) is 5.73 Å². The monoisotopic (exact) mass is 285 g/mol. The molecule has 1 aromatic heterocycles. The maximum absolute atomic E-state index is 13.6. The quantitative estimate of drug-likeness (QED) is 0.849. The van der Waals surface area contributed by atoms with E-state index in [0.717, 1.165) is 0 Å². The van der Waals surface area contributed by atoms with E-state index in [2.05, 4.69) is 17.2 Å². The Kier molecular flexibility index (Phi) is 4.75. The van der Waals surface area contributed by atoms with E-state index >= 15 is 0 Å². The van der Waals surface area contributed by atoms with E-state index in [1.807, 2.05) is 17.7 Å². The molecule has 0 fully saturated rings. The Morgan fingerprint density at radius 2 is 2.24 bits per heavy atom. The van der Waals surface area contributed by atoms with Crippen molar-refractivity contribution >= 4 is 11.6 Å². The second-order valence-corrected chi connectivity index (χ2v) is 4.33. The summed E-state index contributed by atoms with van der Waals surface area (Å²) in [6.45, 7) is 2.81. The average Bonchev–Trinajstić information content (AvgIpc) is 2.96. The van der Waals surface area contributed by atoms with Gasteiger partial charge in [0.1, 0.15) is 11.5 Å². The Bertz CT molecular complexity index is 710. The highest BCUT2D eigenvalue weighted by Crippen LogP contribution is 2.15. The molecule has 0 radical (unpaired) electrons. The van der Waals surface area contributed by atoms with E-state index < -0.39 is 5.82 Å². The highest BCUT2D eigenvalue weighted by Gasteiger charge is 2.11. The first-order chi connectivity index (χ1) is 10.2. The average molecular weight is 285 g/mol. The Hall–Kier alpha value is -2.58. The van der Waals surface area contributed by atoms with E-state index in [1.165, 1.54) is 18.2 Å². The number of hydrogen-bond acceptors (Lipinski definition) is 2. The van der Waals surface area contributed by atoms with Gasteiger partial charge < -0.3 is 15.6 Å². The standard InChI is InChI=1S/C16H16FN3O/c1-2-20-10-4-6-15(20)16(21)19-13-7-8-14(17)12(11-13)5-3-9-18/h4,6-8,10-11H,2,9,18H2,1H3,(H,19,21). The highest BCUT2D eigenvalue weighted by atomic mass is 19.1. The molecule has 0 aliphatic rings. The maximum Gasteiger partial charge on any atom is 0.272 e. The molecule has 108 valence electrons. The Labute approximate surface area is 122 Å². The van der Waals surface area contributed by atoms with Crippen molar-refractivity contribution in [3.05, 3.63) is 53.6 Å². The highest BCUT2D eigenvalue weighted by molar-refractivity contribution is 6.03. The smallest absolute Gasteiger partial charge is 0.272 e. The van der Waals surface area contributed by atoms with Crippen LogP contribution in [0.3, 0.4) is 0 Å². The van der Waals surface area contributed by atoms with Crippen LogP contribution in [0, 0.1) is 17.7 Å². The predicted octanol–water partition coefficient (Wildman–Crippen LogP) is 2.21. The van der Waals surface area contributed by atoms with Crippen molar-refractivity contribution < 1.29 is 9.18 Å². The molecule has 2 aromatic rings. The van der Waals surface area contributed by atoms with Crippen LogP contribution in [0.4, 0.5) is 10.1 Å². The van der Waals surface area contributed by atoms with Crippen molar-refractivity contribution in [1.82, 2.24) is 4.57 Å². The van der Waals surface area contributed by atoms with Crippen LogP contribution < -0.4 is 11.1 Å². The SMILES string of the molecule is CCn1cccc1C(=O)Nc1ccc(F)c(C#CCN)c1. The van der Waals surface area contributed by atoms with Crippen molar-refractivity contribution in [2.24, 2.45) is 5.73 Å². The van der Waals surface area contributed by atoms with Crippen molar-refractivity contribution in [3.8, 4) is 11.8 Å². The summed E-state index contributed by atoms with van der Waals surface area (Å²) >= 11 is 0. The van der Waals surface area contributed by atoms with Crippen LogP contribution in [-0.2, 0) is 6.54 Å². The number of rotatable bonds is 3. The van der Waals surface area contributed by atoms with Gasteiger partial charge in [-0.1, -0.05) is 11.8 Å². The number of hydrogen-bond donors (Lipinski definition) is 2. The van der Waals surface area contributed by atoms with Crippen LogP contribution in [-0.4, -0.2) is 17.0 Å². The second kappa shape index (κ2) is 6.73. The first kappa shape index (κ1) is 14.8. The summed E-state index contributed by atoms with van der Waals surface area (Å²) in [7, 11) is 0. The van der Waals surface area contributed by atoms with Crippen LogP contribution >= 0.6 is 0 Å². The minimum absolute atomic E-state index is 0.153. The van der Waals surface area contributed by atoms with Crippen molar-refractivity contribution in [2.75, 3.05) is 11.9 Å².